The summed E-state index contributed by atoms with van der Waals surface area (Å²) in [7, 11) is 0. The summed E-state index contributed by atoms with van der Waals surface area (Å²) in [4.78, 5) is 0. The molecule has 1 heterocycles. The zero-order chi connectivity index (χ0) is 15.1. The summed E-state index contributed by atoms with van der Waals surface area (Å²) in [6, 6.07) is 5.02. The van der Waals surface area contributed by atoms with Crippen LogP contribution >= 0.6 is 0 Å². The third-order valence-corrected chi connectivity index (χ3v) is 3.27. The van der Waals surface area contributed by atoms with Crippen LogP contribution in [0.2, 0.25) is 0 Å². The molecular weight excluding hydrogens is 269 g/mol. The van der Waals surface area contributed by atoms with E-state index in [1.54, 1.807) is 26.8 Å². The van der Waals surface area contributed by atoms with Gasteiger partial charge >= 0.3 is 6.18 Å². The van der Waals surface area contributed by atoms with Gasteiger partial charge in [0.15, 0.2) is 0 Å². The van der Waals surface area contributed by atoms with Gasteiger partial charge in [-0.05, 0) is 50.1 Å². The van der Waals surface area contributed by atoms with E-state index in [2.05, 4.69) is 0 Å². The fourth-order valence-corrected chi connectivity index (χ4v) is 2.25. The van der Waals surface area contributed by atoms with Gasteiger partial charge in [-0.25, -0.2) is 0 Å². The van der Waals surface area contributed by atoms with Crippen molar-refractivity contribution in [1.82, 2.24) is 0 Å². The van der Waals surface area contributed by atoms with Crippen molar-refractivity contribution in [2.75, 3.05) is 0 Å². The highest BCUT2D eigenvalue weighted by Crippen LogP contribution is 2.34. The maximum absolute atomic E-state index is 12.6. The average molecular weight is 284 g/mol. The van der Waals surface area contributed by atoms with Gasteiger partial charge in [-0.1, -0.05) is 6.07 Å². The summed E-state index contributed by atoms with van der Waals surface area (Å²) >= 11 is 0. The Morgan fingerprint density at radius 1 is 1.05 bits per heavy atom. The molecular formula is C15H15F3O2. The monoisotopic (exact) mass is 284 g/mol. The number of hydrogen-bond acceptors (Lipinski definition) is 2. The van der Waals surface area contributed by atoms with Crippen molar-refractivity contribution in [2.45, 2.75) is 33.1 Å². The largest absolute Gasteiger partial charge is 0.466 e. The van der Waals surface area contributed by atoms with Crippen molar-refractivity contribution in [3.8, 4) is 0 Å². The zero-order valence-corrected chi connectivity index (χ0v) is 11.4. The van der Waals surface area contributed by atoms with Gasteiger partial charge in [-0.2, -0.15) is 13.2 Å². The van der Waals surface area contributed by atoms with E-state index in [1.807, 2.05) is 0 Å². The first-order chi connectivity index (χ1) is 9.20. The summed E-state index contributed by atoms with van der Waals surface area (Å²) in [5.74, 6) is 1.22. The quantitative estimate of drug-likeness (QED) is 0.891. The van der Waals surface area contributed by atoms with E-state index in [0.29, 0.717) is 28.2 Å². The Balaban J connectivity index is 2.41. The van der Waals surface area contributed by atoms with Crippen LogP contribution in [0.1, 0.15) is 39.9 Å². The Morgan fingerprint density at radius 2 is 1.70 bits per heavy atom. The van der Waals surface area contributed by atoms with Crippen molar-refractivity contribution in [3.63, 3.8) is 0 Å². The predicted molar refractivity (Wildman–Crippen MR) is 68.4 cm³/mol. The fourth-order valence-electron chi connectivity index (χ4n) is 2.25. The zero-order valence-electron chi connectivity index (χ0n) is 11.4. The summed E-state index contributed by atoms with van der Waals surface area (Å²) in [5, 5.41) is 10.3. The average Bonchev–Trinajstić information content (AvgIpc) is 2.66. The minimum Gasteiger partial charge on any atom is -0.466 e. The van der Waals surface area contributed by atoms with Crippen molar-refractivity contribution >= 4 is 0 Å². The smallest absolute Gasteiger partial charge is 0.416 e. The molecule has 0 bridgehead atoms. The van der Waals surface area contributed by atoms with E-state index in [4.69, 9.17) is 4.42 Å². The van der Waals surface area contributed by atoms with Crippen LogP contribution in [0.4, 0.5) is 13.2 Å². The second-order valence-corrected chi connectivity index (χ2v) is 4.84. The van der Waals surface area contributed by atoms with Gasteiger partial charge in [0.2, 0.25) is 0 Å². The number of aliphatic hydroxyl groups is 1. The molecule has 2 aromatic rings. The topological polar surface area (TPSA) is 33.4 Å². The van der Waals surface area contributed by atoms with E-state index >= 15 is 0 Å². The molecule has 0 fully saturated rings. The van der Waals surface area contributed by atoms with Gasteiger partial charge in [-0.3, -0.25) is 0 Å². The van der Waals surface area contributed by atoms with E-state index in [0.717, 1.165) is 12.1 Å². The van der Waals surface area contributed by atoms with Crippen LogP contribution in [-0.2, 0) is 6.18 Å². The molecule has 1 unspecified atom stereocenters. The van der Waals surface area contributed by atoms with E-state index in [1.165, 1.54) is 6.07 Å². The van der Waals surface area contributed by atoms with Gasteiger partial charge in [0.1, 0.15) is 17.6 Å². The summed E-state index contributed by atoms with van der Waals surface area (Å²) < 4.78 is 43.2. The van der Waals surface area contributed by atoms with Crippen LogP contribution in [0, 0.1) is 20.8 Å². The molecule has 0 saturated heterocycles. The lowest BCUT2D eigenvalue weighted by Gasteiger charge is -2.15. The van der Waals surface area contributed by atoms with Gasteiger partial charge in [0.05, 0.1) is 5.56 Å². The van der Waals surface area contributed by atoms with Gasteiger partial charge in [0, 0.05) is 5.56 Å². The number of rotatable bonds is 2. The molecule has 0 amide bonds. The van der Waals surface area contributed by atoms with E-state index in [-0.39, 0.29) is 0 Å². The summed E-state index contributed by atoms with van der Waals surface area (Å²) in [6.07, 6.45) is -5.37. The highest BCUT2D eigenvalue weighted by Gasteiger charge is 2.31. The molecule has 108 valence electrons. The molecule has 0 aliphatic heterocycles. The maximum Gasteiger partial charge on any atom is 0.416 e. The fraction of sp³-hybridized carbons (Fsp3) is 0.333. The highest BCUT2D eigenvalue weighted by molar-refractivity contribution is 5.39. The third-order valence-electron chi connectivity index (χ3n) is 3.27. The molecule has 5 heteroatoms. The predicted octanol–water partition coefficient (Wildman–Crippen LogP) is 4.31. The Labute approximate surface area is 114 Å². The number of alkyl halides is 3. The van der Waals surface area contributed by atoms with Gasteiger partial charge in [0.25, 0.3) is 0 Å². The molecule has 0 spiro atoms. The molecule has 20 heavy (non-hydrogen) atoms. The second-order valence-electron chi connectivity index (χ2n) is 4.84. The number of aryl methyl sites for hydroxylation is 3. The number of halogens is 3. The molecule has 1 aromatic heterocycles. The summed E-state index contributed by atoms with van der Waals surface area (Å²) in [5.41, 5.74) is 0.698. The van der Waals surface area contributed by atoms with Crippen molar-refractivity contribution in [3.05, 3.63) is 58.0 Å². The minimum atomic E-state index is -4.38. The molecule has 0 aliphatic rings. The minimum absolute atomic E-state index is 0.394. The summed E-state index contributed by atoms with van der Waals surface area (Å²) in [6.45, 7) is 5.02. The second kappa shape index (κ2) is 4.98. The van der Waals surface area contributed by atoms with Crippen LogP contribution < -0.4 is 0 Å². The first-order valence-electron chi connectivity index (χ1n) is 6.13. The maximum atomic E-state index is 12.6. The lowest BCUT2D eigenvalue weighted by Crippen LogP contribution is -2.08. The van der Waals surface area contributed by atoms with Crippen molar-refractivity contribution < 1.29 is 22.7 Å². The normalized spacial score (nSPS) is 13.6. The number of furan rings is 1. The van der Waals surface area contributed by atoms with Crippen LogP contribution in [0.15, 0.2) is 28.7 Å². The Hall–Kier alpha value is -1.75. The van der Waals surface area contributed by atoms with Crippen LogP contribution in [0.5, 0.6) is 0 Å². The number of hydrogen-bond donors (Lipinski definition) is 1. The lowest BCUT2D eigenvalue weighted by molar-refractivity contribution is -0.137. The van der Waals surface area contributed by atoms with Crippen molar-refractivity contribution in [1.29, 1.82) is 0 Å². The molecule has 0 saturated carbocycles. The molecule has 1 N–H and O–H groups in total. The molecule has 2 nitrogen and oxygen atoms in total. The first kappa shape index (κ1) is 14.7. The van der Waals surface area contributed by atoms with Crippen LogP contribution in [0.3, 0.4) is 0 Å². The number of benzene rings is 1. The molecule has 1 aromatic carbocycles. The van der Waals surface area contributed by atoms with E-state index in [9.17, 15) is 18.3 Å². The lowest BCUT2D eigenvalue weighted by atomic mass is 9.96. The highest BCUT2D eigenvalue weighted by atomic mass is 19.4. The van der Waals surface area contributed by atoms with Gasteiger partial charge < -0.3 is 9.52 Å². The Kier molecular flexibility index (Phi) is 3.65. The number of aliphatic hydroxyl groups excluding tert-OH is 1. The van der Waals surface area contributed by atoms with Crippen LogP contribution in [0.25, 0.3) is 0 Å². The Bertz CT molecular complexity index is 627. The van der Waals surface area contributed by atoms with E-state index < -0.39 is 17.8 Å². The molecule has 1 atom stereocenters. The first-order valence-corrected chi connectivity index (χ1v) is 6.13. The molecule has 2 rings (SSSR count). The van der Waals surface area contributed by atoms with Crippen LogP contribution in [-0.4, -0.2) is 5.11 Å². The third kappa shape index (κ3) is 2.72. The van der Waals surface area contributed by atoms with Crippen molar-refractivity contribution in [2.24, 2.45) is 0 Å². The van der Waals surface area contributed by atoms with Gasteiger partial charge in [-0.15, -0.1) is 0 Å². The SMILES string of the molecule is Cc1cc(C(O)c2ccc(C(F)(F)F)cc2C)c(C)o1. The Morgan fingerprint density at radius 3 is 2.15 bits per heavy atom. The standard InChI is InChI=1S/C15H15F3O2/c1-8-6-11(15(16,17)18)4-5-12(8)14(19)13-7-9(2)20-10(13)3/h4-7,14,19H,1-3H3. The molecule has 0 aliphatic carbocycles. The molecule has 0 radical (unpaired) electrons.